The second-order valence-electron chi connectivity index (χ2n) is 6.92. The maximum Gasteiger partial charge on any atom is 0.254 e. The number of anilines is 1. The van der Waals surface area contributed by atoms with Gasteiger partial charge in [0.25, 0.3) is 5.91 Å². The number of benzene rings is 1. The summed E-state index contributed by atoms with van der Waals surface area (Å²) in [4.78, 5) is 22.4. The summed E-state index contributed by atoms with van der Waals surface area (Å²) >= 11 is 0. The molecule has 0 aliphatic carbocycles. The zero-order chi connectivity index (χ0) is 18.1. The van der Waals surface area contributed by atoms with Gasteiger partial charge in [-0.05, 0) is 49.4 Å². The average molecular weight is 348 g/mol. The van der Waals surface area contributed by atoms with E-state index in [1.165, 1.54) is 22.2 Å². The summed E-state index contributed by atoms with van der Waals surface area (Å²) < 4.78 is 0. The van der Waals surface area contributed by atoms with Gasteiger partial charge in [-0.25, -0.2) is 4.98 Å². The van der Waals surface area contributed by atoms with Gasteiger partial charge in [-0.2, -0.15) is 0 Å². The van der Waals surface area contributed by atoms with E-state index < -0.39 is 0 Å². The van der Waals surface area contributed by atoms with E-state index in [2.05, 4.69) is 51.4 Å². The molecule has 1 saturated heterocycles. The molecular formula is C21H24N4O. The smallest absolute Gasteiger partial charge is 0.254 e. The molecule has 26 heavy (non-hydrogen) atoms. The number of aromatic amines is 1. The molecule has 3 aromatic rings. The molecule has 4 rings (SSSR count). The molecule has 0 spiro atoms. The monoisotopic (exact) mass is 348 g/mol. The molecule has 0 unspecified atom stereocenters. The number of hydrogen-bond donors (Lipinski definition) is 2. The van der Waals surface area contributed by atoms with Crippen molar-refractivity contribution >= 4 is 22.6 Å². The first-order chi connectivity index (χ1) is 12.7. The van der Waals surface area contributed by atoms with E-state index >= 15 is 0 Å². The molecule has 1 fully saturated rings. The van der Waals surface area contributed by atoms with Crippen LogP contribution in [0, 0.1) is 6.92 Å². The maximum absolute atomic E-state index is 12.1. The lowest BCUT2D eigenvalue weighted by Crippen LogP contribution is -2.35. The number of rotatable bonds is 3. The molecule has 0 saturated carbocycles. The fourth-order valence-corrected chi connectivity index (χ4v) is 4.17. The number of nitrogens with zero attached hydrogens (tertiary/aromatic N) is 2. The molecule has 1 amide bonds. The highest BCUT2D eigenvalue weighted by Crippen LogP contribution is 2.36. The first kappa shape index (κ1) is 16.6. The second-order valence-corrected chi connectivity index (χ2v) is 6.92. The van der Waals surface area contributed by atoms with Crippen LogP contribution in [0.4, 0.5) is 5.82 Å². The minimum atomic E-state index is -0.0808. The van der Waals surface area contributed by atoms with Crippen LogP contribution < -0.4 is 10.2 Å². The van der Waals surface area contributed by atoms with E-state index in [1.807, 2.05) is 12.1 Å². The van der Waals surface area contributed by atoms with Gasteiger partial charge in [0.2, 0.25) is 0 Å². The summed E-state index contributed by atoms with van der Waals surface area (Å²) in [6.07, 6.45) is 3.89. The number of para-hydroxylation sites is 1. The summed E-state index contributed by atoms with van der Waals surface area (Å²) in [5.74, 6) is 1.25. The van der Waals surface area contributed by atoms with Crippen molar-refractivity contribution in [3.8, 4) is 0 Å². The predicted molar refractivity (Wildman–Crippen MR) is 105 cm³/mol. The molecule has 3 heterocycles. The predicted octanol–water partition coefficient (Wildman–Crippen LogP) is 3.61. The molecule has 0 radical (unpaired) electrons. The highest BCUT2D eigenvalue weighted by atomic mass is 16.1. The second kappa shape index (κ2) is 6.83. The van der Waals surface area contributed by atoms with Gasteiger partial charge in [0.15, 0.2) is 0 Å². The minimum absolute atomic E-state index is 0.0808. The first-order valence-corrected chi connectivity index (χ1v) is 9.18. The quantitative estimate of drug-likeness (QED) is 0.760. The van der Waals surface area contributed by atoms with E-state index in [0.29, 0.717) is 11.5 Å². The number of pyridine rings is 1. The SMILES string of the molecule is CNC(=O)c1cccnc1N1CCC(c2c(C)[nH]c3ccccc23)CC1. The van der Waals surface area contributed by atoms with Crippen molar-refractivity contribution in [2.45, 2.75) is 25.7 Å². The molecule has 5 heteroatoms. The topological polar surface area (TPSA) is 61.0 Å². The number of hydrogen-bond acceptors (Lipinski definition) is 3. The Kier molecular flexibility index (Phi) is 4.37. The van der Waals surface area contributed by atoms with Crippen LogP contribution in [0.5, 0.6) is 0 Å². The molecule has 2 aromatic heterocycles. The van der Waals surface area contributed by atoms with Crippen LogP contribution in [0.2, 0.25) is 0 Å². The standard InChI is InChI=1S/C21H24N4O/c1-14-19(16-6-3-4-8-18(16)24-14)15-9-12-25(13-10-15)20-17(21(26)22-2)7-5-11-23-20/h3-8,11,15,24H,9-10,12-13H2,1-2H3,(H,22,26). The van der Waals surface area contributed by atoms with Crippen molar-refractivity contribution in [1.82, 2.24) is 15.3 Å². The van der Waals surface area contributed by atoms with E-state index in [1.54, 1.807) is 13.2 Å². The van der Waals surface area contributed by atoms with Gasteiger partial charge in [-0.3, -0.25) is 4.79 Å². The van der Waals surface area contributed by atoms with Gasteiger partial charge >= 0.3 is 0 Å². The normalized spacial score (nSPS) is 15.4. The Morgan fingerprint density at radius 3 is 2.73 bits per heavy atom. The van der Waals surface area contributed by atoms with Crippen LogP contribution in [0.3, 0.4) is 0 Å². The third-order valence-electron chi connectivity index (χ3n) is 5.40. The van der Waals surface area contributed by atoms with Crippen LogP contribution in [0.15, 0.2) is 42.6 Å². The number of aryl methyl sites for hydroxylation is 1. The van der Waals surface area contributed by atoms with Gasteiger partial charge in [0, 0.05) is 42.9 Å². The van der Waals surface area contributed by atoms with Gasteiger partial charge in [-0.1, -0.05) is 18.2 Å². The summed E-state index contributed by atoms with van der Waals surface area (Å²) in [6, 6.07) is 12.2. The lowest BCUT2D eigenvalue weighted by molar-refractivity contribution is 0.0963. The van der Waals surface area contributed by atoms with Gasteiger partial charge < -0.3 is 15.2 Å². The summed E-state index contributed by atoms with van der Waals surface area (Å²) in [5, 5.41) is 4.05. The lowest BCUT2D eigenvalue weighted by Gasteiger charge is -2.34. The Labute approximate surface area is 153 Å². The fraction of sp³-hybridized carbons (Fsp3) is 0.333. The van der Waals surface area contributed by atoms with Crippen molar-refractivity contribution in [1.29, 1.82) is 0 Å². The Balaban J connectivity index is 1.57. The highest BCUT2D eigenvalue weighted by molar-refractivity contribution is 5.98. The van der Waals surface area contributed by atoms with Crippen LogP contribution >= 0.6 is 0 Å². The van der Waals surface area contributed by atoms with Crippen LogP contribution in [-0.4, -0.2) is 36.0 Å². The van der Waals surface area contributed by atoms with Crippen molar-refractivity contribution in [3.05, 3.63) is 59.4 Å². The molecule has 134 valence electrons. The summed E-state index contributed by atoms with van der Waals surface area (Å²) in [5.41, 5.74) is 4.59. The van der Waals surface area contributed by atoms with Crippen LogP contribution in [-0.2, 0) is 0 Å². The molecule has 0 bridgehead atoms. The Morgan fingerprint density at radius 1 is 1.19 bits per heavy atom. The van der Waals surface area contributed by atoms with Crippen molar-refractivity contribution in [2.75, 3.05) is 25.0 Å². The zero-order valence-electron chi connectivity index (χ0n) is 15.2. The summed E-state index contributed by atoms with van der Waals surface area (Å²) in [7, 11) is 1.66. The molecule has 1 aromatic carbocycles. The number of carbonyl (C=O) groups excluding carboxylic acids is 1. The number of nitrogens with one attached hydrogen (secondary N) is 2. The number of H-pyrrole nitrogens is 1. The largest absolute Gasteiger partial charge is 0.358 e. The average Bonchev–Trinajstić information content (AvgIpc) is 3.03. The molecule has 2 N–H and O–H groups in total. The Bertz CT molecular complexity index is 938. The molecule has 5 nitrogen and oxygen atoms in total. The Hall–Kier alpha value is -2.82. The van der Waals surface area contributed by atoms with Gasteiger partial charge in [0.1, 0.15) is 5.82 Å². The molecular weight excluding hydrogens is 324 g/mol. The highest BCUT2D eigenvalue weighted by Gasteiger charge is 2.27. The Morgan fingerprint density at radius 2 is 1.96 bits per heavy atom. The van der Waals surface area contributed by atoms with E-state index in [4.69, 9.17) is 0 Å². The number of piperidine rings is 1. The van der Waals surface area contributed by atoms with Gasteiger partial charge in [-0.15, -0.1) is 0 Å². The number of amides is 1. The molecule has 1 aliphatic rings. The first-order valence-electron chi connectivity index (χ1n) is 9.18. The number of fused-ring (bicyclic) bond motifs is 1. The summed E-state index contributed by atoms with van der Waals surface area (Å²) in [6.45, 7) is 3.99. The van der Waals surface area contributed by atoms with E-state index in [0.717, 1.165) is 31.7 Å². The third-order valence-corrected chi connectivity index (χ3v) is 5.40. The number of carbonyl (C=O) groups is 1. The van der Waals surface area contributed by atoms with Crippen molar-refractivity contribution in [2.24, 2.45) is 0 Å². The lowest BCUT2D eigenvalue weighted by atomic mass is 9.87. The van der Waals surface area contributed by atoms with E-state index in [9.17, 15) is 4.79 Å². The zero-order valence-corrected chi connectivity index (χ0v) is 15.2. The fourth-order valence-electron chi connectivity index (χ4n) is 4.17. The third kappa shape index (κ3) is 2.83. The van der Waals surface area contributed by atoms with Crippen molar-refractivity contribution < 1.29 is 4.79 Å². The van der Waals surface area contributed by atoms with Crippen LogP contribution in [0.25, 0.3) is 10.9 Å². The van der Waals surface area contributed by atoms with Crippen LogP contribution in [0.1, 0.15) is 40.4 Å². The number of aromatic nitrogens is 2. The molecule has 0 atom stereocenters. The van der Waals surface area contributed by atoms with Crippen molar-refractivity contribution in [3.63, 3.8) is 0 Å². The van der Waals surface area contributed by atoms with E-state index in [-0.39, 0.29) is 5.91 Å². The van der Waals surface area contributed by atoms with Gasteiger partial charge in [0.05, 0.1) is 5.56 Å². The maximum atomic E-state index is 12.1. The minimum Gasteiger partial charge on any atom is -0.358 e. The molecule has 1 aliphatic heterocycles.